The van der Waals surface area contributed by atoms with Crippen molar-refractivity contribution in [2.24, 2.45) is 0 Å². The first-order valence-corrected chi connectivity index (χ1v) is 6.91. The molecule has 0 aliphatic rings. The third kappa shape index (κ3) is 2.71. The highest BCUT2D eigenvalue weighted by Crippen LogP contribution is 2.22. The number of nitrogens with one attached hydrogen (secondary N) is 1. The van der Waals surface area contributed by atoms with Crippen molar-refractivity contribution in [1.29, 1.82) is 0 Å². The largest absolute Gasteiger partial charge is 0.355 e. The number of hydrogen-bond donors (Lipinski definition) is 1. The van der Waals surface area contributed by atoms with Crippen molar-refractivity contribution in [2.45, 2.75) is 0 Å². The summed E-state index contributed by atoms with van der Waals surface area (Å²) in [7, 11) is 0. The van der Waals surface area contributed by atoms with Gasteiger partial charge >= 0.3 is 0 Å². The molecule has 1 N–H and O–H groups in total. The topological polar surface area (TPSA) is 68.0 Å². The number of amides is 1. The van der Waals surface area contributed by atoms with Crippen LogP contribution in [0.2, 0.25) is 5.02 Å². The Morgan fingerprint density at radius 2 is 2.10 bits per heavy atom. The average Bonchev–Trinajstić information content (AvgIpc) is 3.10. The molecule has 7 heteroatoms. The van der Waals surface area contributed by atoms with E-state index in [1.807, 2.05) is 0 Å². The molecule has 2 aromatic heterocycles. The minimum Gasteiger partial charge on any atom is -0.355 e. The molecular formula is C13H8ClN3O2S. The van der Waals surface area contributed by atoms with Crippen LogP contribution in [0.4, 0.5) is 5.13 Å². The Morgan fingerprint density at radius 1 is 1.30 bits per heavy atom. The zero-order chi connectivity index (χ0) is 13.9. The van der Waals surface area contributed by atoms with Crippen molar-refractivity contribution in [3.8, 4) is 11.3 Å². The summed E-state index contributed by atoms with van der Waals surface area (Å²) in [5, 5.41) is 9.32. The number of thiazole rings is 1. The Bertz CT molecular complexity index is 722. The number of rotatable bonds is 3. The fourth-order valence-corrected chi connectivity index (χ4v) is 2.23. The van der Waals surface area contributed by atoms with Gasteiger partial charge in [-0.1, -0.05) is 16.8 Å². The first-order chi connectivity index (χ1) is 9.72. The van der Waals surface area contributed by atoms with E-state index in [0.29, 0.717) is 15.9 Å². The zero-order valence-electron chi connectivity index (χ0n) is 10.0. The Balaban J connectivity index is 1.79. The maximum Gasteiger partial charge on any atom is 0.279 e. The Kier molecular flexibility index (Phi) is 3.49. The molecule has 2 heterocycles. The van der Waals surface area contributed by atoms with Gasteiger partial charge in [0.05, 0.1) is 0 Å². The molecule has 3 rings (SSSR count). The van der Waals surface area contributed by atoms with Crippen LogP contribution in [-0.4, -0.2) is 16.0 Å². The van der Waals surface area contributed by atoms with E-state index in [-0.39, 0.29) is 11.6 Å². The molecule has 0 atom stereocenters. The van der Waals surface area contributed by atoms with Crippen molar-refractivity contribution in [3.05, 3.63) is 52.6 Å². The van der Waals surface area contributed by atoms with E-state index in [1.165, 1.54) is 11.3 Å². The van der Waals surface area contributed by atoms with Crippen LogP contribution < -0.4 is 5.32 Å². The lowest BCUT2D eigenvalue weighted by molar-refractivity contribution is 0.101. The van der Waals surface area contributed by atoms with Crippen LogP contribution in [0.3, 0.4) is 0 Å². The first-order valence-electron chi connectivity index (χ1n) is 5.66. The summed E-state index contributed by atoms with van der Waals surface area (Å²) in [5.41, 5.74) is 1.00. The number of aromatic nitrogens is 2. The van der Waals surface area contributed by atoms with Crippen LogP contribution in [0.15, 0.2) is 46.4 Å². The van der Waals surface area contributed by atoms with E-state index in [9.17, 15) is 4.79 Å². The highest BCUT2D eigenvalue weighted by Gasteiger charge is 2.14. The minimum atomic E-state index is -0.357. The monoisotopic (exact) mass is 305 g/mol. The smallest absolute Gasteiger partial charge is 0.279 e. The molecule has 0 aliphatic carbocycles. The Hall–Kier alpha value is -2.18. The SMILES string of the molecule is O=C(Nc1nccs1)c1cc(-c2ccc(Cl)cc2)on1. The van der Waals surface area contributed by atoms with Gasteiger partial charge < -0.3 is 4.52 Å². The Labute approximate surface area is 123 Å². The maximum atomic E-state index is 11.9. The molecule has 0 aliphatic heterocycles. The van der Waals surface area contributed by atoms with Crippen molar-refractivity contribution in [1.82, 2.24) is 10.1 Å². The van der Waals surface area contributed by atoms with Crippen LogP contribution in [0.5, 0.6) is 0 Å². The van der Waals surface area contributed by atoms with Crippen LogP contribution in [0.25, 0.3) is 11.3 Å². The molecule has 100 valence electrons. The summed E-state index contributed by atoms with van der Waals surface area (Å²) < 4.78 is 5.16. The summed E-state index contributed by atoms with van der Waals surface area (Å²) in [6.07, 6.45) is 1.61. The van der Waals surface area contributed by atoms with Crippen LogP contribution in [0.1, 0.15) is 10.5 Å². The molecule has 3 aromatic rings. The van der Waals surface area contributed by atoms with Gasteiger partial charge in [-0.05, 0) is 24.3 Å². The predicted octanol–water partition coefficient (Wildman–Crippen LogP) is 3.70. The first kappa shape index (κ1) is 12.8. The van der Waals surface area contributed by atoms with Crippen molar-refractivity contribution in [2.75, 3.05) is 5.32 Å². The highest BCUT2D eigenvalue weighted by molar-refractivity contribution is 7.13. The number of nitrogens with zero attached hydrogens (tertiary/aromatic N) is 2. The summed E-state index contributed by atoms with van der Waals surface area (Å²) in [6, 6.07) is 8.66. The standard InChI is InChI=1S/C13H8ClN3O2S/c14-9-3-1-8(2-4-9)11-7-10(17-19-11)12(18)16-13-15-5-6-20-13/h1-7H,(H,15,16,18). The predicted molar refractivity (Wildman–Crippen MR) is 77.0 cm³/mol. The number of hydrogen-bond acceptors (Lipinski definition) is 5. The second-order valence-electron chi connectivity index (χ2n) is 3.87. The lowest BCUT2D eigenvalue weighted by Gasteiger charge is -1.95. The van der Waals surface area contributed by atoms with E-state index >= 15 is 0 Å². The molecule has 0 fully saturated rings. The maximum absolute atomic E-state index is 11.9. The summed E-state index contributed by atoms with van der Waals surface area (Å²) >= 11 is 7.15. The van der Waals surface area contributed by atoms with E-state index in [1.54, 1.807) is 41.9 Å². The van der Waals surface area contributed by atoms with Gasteiger partial charge in [-0.3, -0.25) is 10.1 Å². The van der Waals surface area contributed by atoms with Gasteiger partial charge in [-0.15, -0.1) is 11.3 Å². The molecule has 0 saturated heterocycles. The zero-order valence-corrected chi connectivity index (χ0v) is 11.6. The van der Waals surface area contributed by atoms with Crippen LogP contribution >= 0.6 is 22.9 Å². The van der Waals surface area contributed by atoms with E-state index in [4.69, 9.17) is 16.1 Å². The third-order valence-electron chi connectivity index (χ3n) is 2.52. The van der Waals surface area contributed by atoms with Gasteiger partial charge in [0.25, 0.3) is 5.91 Å². The average molecular weight is 306 g/mol. The van der Waals surface area contributed by atoms with E-state index < -0.39 is 0 Å². The second kappa shape index (κ2) is 5.44. The molecule has 1 amide bonds. The van der Waals surface area contributed by atoms with Crippen LogP contribution in [-0.2, 0) is 0 Å². The fraction of sp³-hybridized carbons (Fsp3) is 0. The molecule has 0 saturated carbocycles. The lowest BCUT2D eigenvalue weighted by atomic mass is 10.1. The normalized spacial score (nSPS) is 10.4. The third-order valence-corrected chi connectivity index (χ3v) is 3.46. The number of carbonyl (C=O) groups is 1. The number of carbonyl (C=O) groups excluding carboxylic acids is 1. The quantitative estimate of drug-likeness (QED) is 0.801. The summed E-state index contributed by atoms with van der Waals surface area (Å²) in [6.45, 7) is 0. The minimum absolute atomic E-state index is 0.199. The van der Waals surface area contributed by atoms with Crippen molar-refractivity contribution >= 4 is 34.0 Å². The molecule has 0 spiro atoms. The highest BCUT2D eigenvalue weighted by atomic mass is 35.5. The van der Waals surface area contributed by atoms with Gasteiger partial charge in [-0.25, -0.2) is 4.98 Å². The van der Waals surface area contributed by atoms with Crippen molar-refractivity contribution < 1.29 is 9.32 Å². The van der Waals surface area contributed by atoms with Crippen LogP contribution in [0, 0.1) is 0 Å². The van der Waals surface area contributed by atoms with Gasteiger partial charge in [-0.2, -0.15) is 0 Å². The molecule has 0 bridgehead atoms. The number of halogens is 1. The lowest BCUT2D eigenvalue weighted by Crippen LogP contribution is -2.11. The van der Waals surface area contributed by atoms with Gasteiger partial charge in [0.2, 0.25) is 0 Å². The van der Waals surface area contributed by atoms with Gasteiger partial charge in [0.15, 0.2) is 16.6 Å². The molecule has 20 heavy (non-hydrogen) atoms. The molecule has 0 unspecified atom stereocenters. The van der Waals surface area contributed by atoms with E-state index in [0.717, 1.165) is 5.56 Å². The van der Waals surface area contributed by atoms with Crippen molar-refractivity contribution in [3.63, 3.8) is 0 Å². The summed E-state index contributed by atoms with van der Waals surface area (Å²) in [4.78, 5) is 15.9. The Morgan fingerprint density at radius 3 is 2.80 bits per heavy atom. The number of benzene rings is 1. The molecule has 1 aromatic carbocycles. The second-order valence-corrected chi connectivity index (χ2v) is 5.21. The summed E-state index contributed by atoms with van der Waals surface area (Å²) in [5.74, 6) is 0.148. The van der Waals surface area contributed by atoms with E-state index in [2.05, 4.69) is 15.5 Å². The molecule has 5 nitrogen and oxygen atoms in total. The number of anilines is 1. The molecule has 0 radical (unpaired) electrons. The van der Waals surface area contributed by atoms with Gasteiger partial charge in [0.1, 0.15) is 0 Å². The molecular weight excluding hydrogens is 298 g/mol. The fourth-order valence-electron chi connectivity index (χ4n) is 1.58. The van der Waals surface area contributed by atoms with Gasteiger partial charge in [0, 0.05) is 28.2 Å².